The number of anilines is 1. The number of methoxy groups -OCH3 is 1. The second-order valence-corrected chi connectivity index (χ2v) is 4.94. The van der Waals surface area contributed by atoms with Crippen LogP contribution in [0.3, 0.4) is 0 Å². The van der Waals surface area contributed by atoms with Crippen LogP contribution in [0.4, 0.5) is 11.6 Å². The number of allylic oxidation sites excluding steroid dienone is 1. The molecule has 1 N–H and O–H groups in total. The minimum Gasteiger partial charge on any atom is -0.466 e. The van der Waals surface area contributed by atoms with Gasteiger partial charge >= 0.3 is 5.97 Å². The van der Waals surface area contributed by atoms with Gasteiger partial charge in [0.2, 0.25) is 5.95 Å². The molecule has 0 radical (unpaired) electrons. The van der Waals surface area contributed by atoms with Crippen LogP contribution in [-0.2, 0) is 9.53 Å². The Morgan fingerprint density at radius 1 is 1.48 bits per heavy atom. The molecular formula is C14H13N5O4. The van der Waals surface area contributed by atoms with Crippen LogP contribution in [-0.4, -0.2) is 32.8 Å². The molecule has 0 saturated heterocycles. The first-order valence-corrected chi connectivity index (χ1v) is 6.73. The van der Waals surface area contributed by atoms with Gasteiger partial charge in [-0.2, -0.15) is 10.1 Å². The topological polar surface area (TPSA) is 112 Å². The first kappa shape index (κ1) is 14.7. The third-order valence-electron chi connectivity index (χ3n) is 3.60. The van der Waals surface area contributed by atoms with Gasteiger partial charge in [-0.25, -0.2) is 9.48 Å². The number of carbonyl (C=O) groups is 1. The number of non-ortho nitro benzene ring substituents is 1. The van der Waals surface area contributed by atoms with Crippen molar-refractivity contribution < 1.29 is 14.5 Å². The summed E-state index contributed by atoms with van der Waals surface area (Å²) in [7, 11) is 1.28. The molecule has 1 aromatic heterocycles. The van der Waals surface area contributed by atoms with E-state index in [-0.39, 0.29) is 5.69 Å². The average molecular weight is 315 g/mol. The first-order valence-electron chi connectivity index (χ1n) is 6.73. The third-order valence-corrected chi connectivity index (χ3v) is 3.60. The highest BCUT2D eigenvalue weighted by Gasteiger charge is 2.34. The molecule has 9 heteroatoms. The van der Waals surface area contributed by atoms with Crippen molar-refractivity contribution in [1.29, 1.82) is 0 Å². The molecule has 1 atom stereocenters. The zero-order valence-electron chi connectivity index (χ0n) is 12.4. The van der Waals surface area contributed by atoms with E-state index in [0.29, 0.717) is 22.8 Å². The fraction of sp³-hybridized carbons (Fsp3) is 0.214. The number of ether oxygens (including phenoxy) is 1. The molecule has 0 aliphatic carbocycles. The number of esters is 1. The first-order chi connectivity index (χ1) is 11.0. The van der Waals surface area contributed by atoms with Crippen molar-refractivity contribution in [3.63, 3.8) is 0 Å². The number of rotatable bonds is 3. The van der Waals surface area contributed by atoms with Gasteiger partial charge < -0.3 is 10.1 Å². The highest BCUT2D eigenvalue weighted by molar-refractivity contribution is 5.92. The predicted molar refractivity (Wildman–Crippen MR) is 79.6 cm³/mol. The number of nitro benzene ring substituents is 1. The lowest BCUT2D eigenvalue weighted by atomic mass is 9.95. The largest absolute Gasteiger partial charge is 0.466 e. The minimum absolute atomic E-state index is 0.0652. The number of hydrogen-bond donors (Lipinski definition) is 1. The molecule has 0 fully saturated rings. The Balaban J connectivity index is 2.19. The van der Waals surface area contributed by atoms with Crippen molar-refractivity contribution >= 4 is 17.6 Å². The van der Waals surface area contributed by atoms with E-state index >= 15 is 0 Å². The van der Waals surface area contributed by atoms with Gasteiger partial charge in [0.15, 0.2) is 0 Å². The van der Waals surface area contributed by atoms with Crippen molar-refractivity contribution in [2.24, 2.45) is 0 Å². The second-order valence-electron chi connectivity index (χ2n) is 4.94. The third kappa shape index (κ3) is 2.41. The van der Waals surface area contributed by atoms with Gasteiger partial charge in [0.25, 0.3) is 5.69 Å². The quantitative estimate of drug-likeness (QED) is 0.520. The van der Waals surface area contributed by atoms with Crippen LogP contribution in [0.2, 0.25) is 0 Å². The summed E-state index contributed by atoms with van der Waals surface area (Å²) in [6.07, 6.45) is 1.35. The lowest BCUT2D eigenvalue weighted by Gasteiger charge is -2.27. The van der Waals surface area contributed by atoms with Crippen LogP contribution in [0, 0.1) is 10.1 Å². The van der Waals surface area contributed by atoms with Gasteiger partial charge in [-0.1, -0.05) is 12.1 Å². The van der Waals surface area contributed by atoms with Crippen LogP contribution in [0.25, 0.3) is 0 Å². The number of aromatic nitrogens is 3. The van der Waals surface area contributed by atoms with E-state index in [2.05, 4.69) is 15.4 Å². The van der Waals surface area contributed by atoms with Crippen molar-refractivity contribution in [2.45, 2.75) is 13.0 Å². The van der Waals surface area contributed by atoms with E-state index in [9.17, 15) is 14.9 Å². The van der Waals surface area contributed by atoms with Gasteiger partial charge in [0.05, 0.1) is 17.6 Å². The number of nitrogens with one attached hydrogen (secondary N) is 1. The number of nitro groups is 1. The normalized spacial score (nSPS) is 16.5. The summed E-state index contributed by atoms with van der Waals surface area (Å²) in [6.45, 7) is 1.72. The molecule has 1 aromatic carbocycles. The van der Waals surface area contributed by atoms with Gasteiger partial charge in [0.1, 0.15) is 12.4 Å². The van der Waals surface area contributed by atoms with E-state index in [1.807, 2.05) is 0 Å². The maximum Gasteiger partial charge on any atom is 0.338 e. The van der Waals surface area contributed by atoms with Crippen LogP contribution in [0.15, 0.2) is 41.9 Å². The summed E-state index contributed by atoms with van der Waals surface area (Å²) >= 11 is 0. The zero-order chi connectivity index (χ0) is 16.6. The molecule has 1 aliphatic heterocycles. The monoisotopic (exact) mass is 315 g/mol. The molecule has 118 valence electrons. The van der Waals surface area contributed by atoms with Crippen molar-refractivity contribution in [3.05, 3.63) is 57.5 Å². The van der Waals surface area contributed by atoms with E-state index < -0.39 is 16.9 Å². The number of nitrogens with zero attached hydrogens (tertiary/aromatic N) is 4. The predicted octanol–water partition coefficient (Wildman–Crippen LogP) is 1.65. The molecule has 2 heterocycles. The lowest BCUT2D eigenvalue weighted by Crippen LogP contribution is -2.29. The summed E-state index contributed by atoms with van der Waals surface area (Å²) in [5.41, 5.74) is 1.37. The van der Waals surface area contributed by atoms with Crippen LogP contribution >= 0.6 is 0 Å². The number of benzene rings is 1. The molecule has 0 bridgehead atoms. The highest BCUT2D eigenvalue weighted by Crippen LogP contribution is 2.35. The summed E-state index contributed by atoms with van der Waals surface area (Å²) in [4.78, 5) is 26.8. The number of fused-ring (bicyclic) bond motifs is 1. The van der Waals surface area contributed by atoms with Crippen molar-refractivity contribution in [2.75, 3.05) is 12.4 Å². The molecule has 0 spiro atoms. The molecule has 2 aromatic rings. The maximum absolute atomic E-state index is 12.2. The zero-order valence-corrected chi connectivity index (χ0v) is 12.4. The fourth-order valence-corrected chi connectivity index (χ4v) is 2.58. The van der Waals surface area contributed by atoms with E-state index in [1.54, 1.807) is 19.1 Å². The van der Waals surface area contributed by atoms with E-state index in [0.717, 1.165) is 0 Å². The summed E-state index contributed by atoms with van der Waals surface area (Å²) < 4.78 is 6.35. The molecule has 1 aliphatic rings. The molecule has 3 rings (SSSR count). The maximum atomic E-state index is 12.2. The van der Waals surface area contributed by atoms with Gasteiger partial charge in [-0.15, -0.1) is 0 Å². The Morgan fingerprint density at radius 3 is 2.96 bits per heavy atom. The Morgan fingerprint density at radius 2 is 2.26 bits per heavy atom. The molecule has 0 amide bonds. The summed E-state index contributed by atoms with van der Waals surface area (Å²) in [5, 5.41) is 18.1. The minimum atomic E-state index is -0.652. The molecule has 23 heavy (non-hydrogen) atoms. The highest BCUT2D eigenvalue weighted by atomic mass is 16.6. The molecular weight excluding hydrogens is 302 g/mol. The smallest absolute Gasteiger partial charge is 0.338 e. The van der Waals surface area contributed by atoms with Crippen molar-refractivity contribution in [1.82, 2.24) is 14.8 Å². The van der Waals surface area contributed by atoms with Crippen LogP contribution in [0.5, 0.6) is 0 Å². The standard InChI is InChI=1S/C14H13N5O4/c1-8-11(13(20)23-2)12(18-14(17-8)15-7-16-18)9-4-3-5-10(6-9)19(21)22/h3-7,12H,1-2H3,(H,15,16,17)/t12-/m0/s1. The number of hydrogen-bond acceptors (Lipinski definition) is 7. The Bertz CT molecular complexity index is 826. The van der Waals surface area contributed by atoms with Gasteiger partial charge in [-0.05, 0) is 12.5 Å². The lowest BCUT2D eigenvalue weighted by molar-refractivity contribution is -0.384. The number of carbonyl (C=O) groups excluding carboxylic acids is 1. The fourth-order valence-electron chi connectivity index (χ4n) is 2.58. The molecule has 9 nitrogen and oxygen atoms in total. The summed E-state index contributed by atoms with van der Waals surface area (Å²) in [6, 6.07) is 5.42. The summed E-state index contributed by atoms with van der Waals surface area (Å²) in [5.74, 6) is -0.0840. The van der Waals surface area contributed by atoms with Crippen LogP contribution in [0.1, 0.15) is 18.5 Å². The van der Waals surface area contributed by atoms with Gasteiger partial charge in [-0.3, -0.25) is 10.1 Å². The SMILES string of the molecule is COC(=O)C1=C(C)Nc2ncnn2[C@H]1c1cccc([N+](=O)[O-])c1. The molecule has 0 saturated carbocycles. The van der Waals surface area contributed by atoms with Gasteiger partial charge in [0, 0.05) is 17.8 Å². The Kier molecular flexibility index (Phi) is 3.53. The van der Waals surface area contributed by atoms with Crippen molar-refractivity contribution in [3.8, 4) is 0 Å². The Hall–Kier alpha value is -3.23. The molecule has 0 unspecified atom stereocenters. The van der Waals surface area contributed by atoms with Crippen LogP contribution < -0.4 is 5.32 Å². The Labute approximate surface area is 130 Å². The van der Waals surface area contributed by atoms with E-state index in [1.165, 1.54) is 30.3 Å². The van der Waals surface area contributed by atoms with E-state index in [4.69, 9.17) is 4.74 Å². The average Bonchev–Trinajstić information content (AvgIpc) is 3.00. The second kappa shape index (κ2) is 5.52.